The number of methoxy groups -OCH3 is 1. The lowest BCUT2D eigenvalue weighted by atomic mass is 9.70. The summed E-state index contributed by atoms with van der Waals surface area (Å²) < 4.78 is 11.1. The van der Waals surface area contributed by atoms with Gasteiger partial charge in [0.15, 0.2) is 0 Å². The van der Waals surface area contributed by atoms with Crippen LogP contribution in [0.2, 0.25) is 0 Å². The fourth-order valence-electron chi connectivity index (χ4n) is 2.69. The van der Waals surface area contributed by atoms with Gasteiger partial charge in [-0.15, -0.1) is 0 Å². The summed E-state index contributed by atoms with van der Waals surface area (Å²) in [4.78, 5) is 4.52. The Morgan fingerprint density at radius 1 is 1.20 bits per heavy atom. The lowest BCUT2D eigenvalue weighted by Gasteiger charge is -2.40. The van der Waals surface area contributed by atoms with Crippen LogP contribution in [-0.2, 0) is 10.3 Å². The molecule has 0 saturated heterocycles. The molecule has 2 rings (SSSR count). The van der Waals surface area contributed by atoms with E-state index in [1.165, 1.54) is 0 Å². The number of hydrogen-bond acceptors (Lipinski definition) is 5. The van der Waals surface area contributed by atoms with Gasteiger partial charge in [0.25, 0.3) is 0 Å². The molecule has 20 heavy (non-hydrogen) atoms. The number of rotatable bonds is 4. The third kappa shape index (κ3) is 2.88. The van der Waals surface area contributed by atoms with Gasteiger partial charge in [-0.2, -0.15) is 4.98 Å². The molecule has 1 atom stereocenters. The van der Waals surface area contributed by atoms with Crippen LogP contribution in [0.1, 0.15) is 71.1 Å². The van der Waals surface area contributed by atoms with Gasteiger partial charge in [0.2, 0.25) is 11.7 Å². The van der Waals surface area contributed by atoms with Gasteiger partial charge in [-0.25, -0.2) is 0 Å². The van der Waals surface area contributed by atoms with Gasteiger partial charge in [0, 0.05) is 7.11 Å². The summed E-state index contributed by atoms with van der Waals surface area (Å²) in [5, 5.41) is 4.14. The van der Waals surface area contributed by atoms with Crippen LogP contribution in [0.4, 0.5) is 0 Å². The Morgan fingerprint density at radius 2 is 1.80 bits per heavy atom. The molecule has 0 aliphatic heterocycles. The first-order valence-corrected chi connectivity index (χ1v) is 7.44. The van der Waals surface area contributed by atoms with Crippen molar-refractivity contribution in [2.75, 3.05) is 7.11 Å². The van der Waals surface area contributed by atoms with E-state index in [1.54, 1.807) is 7.11 Å². The molecule has 1 unspecified atom stereocenters. The fraction of sp³-hybridized carbons (Fsp3) is 0.867. The Morgan fingerprint density at radius 3 is 2.30 bits per heavy atom. The maximum Gasteiger partial charge on any atom is 0.243 e. The van der Waals surface area contributed by atoms with E-state index in [4.69, 9.17) is 15.0 Å². The van der Waals surface area contributed by atoms with Crippen LogP contribution in [0, 0.1) is 11.3 Å². The fourth-order valence-corrected chi connectivity index (χ4v) is 2.69. The lowest BCUT2D eigenvalue weighted by molar-refractivity contribution is -0.0740. The summed E-state index contributed by atoms with van der Waals surface area (Å²) in [6.07, 6.45) is 4.04. The SMILES string of the molecule is COC1(c2noc(C(N)C(C)C)n2)CCC(C)(C)CC1. The van der Waals surface area contributed by atoms with Crippen molar-refractivity contribution in [1.82, 2.24) is 10.1 Å². The van der Waals surface area contributed by atoms with Gasteiger partial charge < -0.3 is 15.0 Å². The number of nitrogens with zero attached hydrogens (tertiary/aromatic N) is 2. The van der Waals surface area contributed by atoms with Gasteiger partial charge >= 0.3 is 0 Å². The van der Waals surface area contributed by atoms with Crippen molar-refractivity contribution in [2.24, 2.45) is 17.1 Å². The zero-order valence-electron chi connectivity index (χ0n) is 13.3. The molecule has 0 amide bonds. The van der Waals surface area contributed by atoms with Crippen molar-refractivity contribution in [1.29, 1.82) is 0 Å². The molecule has 1 aromatic rings. The van der Waals surface area contributed by atoms with Crippen molar-refractivity contribution in [2.45, 2.75) is 65.0 Å². The van der Waals surface area contributed by atoms with Crippen molar-refractivity contribution >= 4 is 0 Å². The highest BCUT2D eigenvalue weighted by Gasteiger charge is 2.43. The predicted molar refractivity (Wildman–Crippen MR) is 77.0 cm³/mol. The Balaban J connectivity index is 2.21. The first-order chi connectivity index (χ1) is 9.30. The van der Waals surface area contributed by atoms with E-state index in [-0.39, 0.29) is 12.0 Å². The molecular weight excluding hydrogens is 254 g/mol. The summed E-state index contributed by atoms with van der Waals surface area (Å²) in [7, 11) is 1.73. The molecule has 114 valence electrons. The number of hydrogen-bond donors (Lipinski definition) is 1. The smallest absolute Gasteiger partial charge is 0.243 e. The molecule has 5 nitrogen and oxygen atoms in total. The summed E-state index contributed by atoms with van der Waals surface area (Å²) >= 11 is 0. The molecule has 0 spiro atoms. The number of ether oxygens (including phenoxy) is 1. The van der Waals surface area contributed by atoms with Crippen molar-refractivity contribution in [3.8, 4) is 0 Å². The van der Waals surface area contributed by atoms with Crippen LogP contribution in [0.3, 0.4) is 0 Å². The number of nitrogens with two attached hydrogens (primary N) is 1. The molecule has 1 fully saturated rings. The van der Waals surface area contributed by atoms with E-state index in [2.05, 4.69) is 24.0 Å². The molecule has 1 heterocycles. The third-order valence-corrected chi connectivity index (χ3v) is 4.65. The quantitative estimate of drug-likeness (QED) is 0.917. The normalized spacial score (nSPS) is 22.9. The van der Waals surface area contributed by atoms with Gasteiger partial charge in [-0.3, -0.25) is 0 Å². The van der Waals surface area contributed by atoms with Gasteiger partial charge in [-0.1, -0.05) is 32.9 Å². The average Bonchev–Trinajstić information content (AvgIpc) is 2.88. The molecule has 1 aromatic heterocycles. The molecular formula is C15H27N3O2. The summed E-state index contributed by atoms with van der Waals surface area (Å²) in [5.74, 6) is 1.44. The third-order valence-electron chi connectivity index (χ3n) is 4.65. The monoisotopic (exact) mass is 281 g/mol. The molecule has 1 aliphatic carbocycles. The first kappa shape index (κ1) is 15.4. The standard InChI is InChI=1S/C15H27N3O2/c1-10(2)11(16)12-17-13(18-20-12)15(19-5)8-6-14(3,4)7-9-15/h10-11H,6-9,16H2,1-5H3. The van der Waals surface area contributed by atoms with Crippen LogP contribution in [-0.4, -0.2) is 17.3 Å². The maximum atomic E-state index is 6.07. The second kappa shape index (κ2) is 5.45. The molecule has 1 saturated carbocycles. The molecule has 1 aliphatic rings. The Hall–Kier alpha value is -0.940. The molecule has 0 aromatic carbocycles. The average molecular weight is 281 g/mol. The zero-order valence-corrected chi connectivity index (χ0v) is 13.3. The second-order valence-corrected chi connectivity index (χ2v) is 7.09. The van der Waals surface area contributed by atoms with Crippen molar-refractivity contribution < 1.29 is 9.26 Å². The molecule has 2 N–H and O–H groups in total. The van der Waals surface area contributed by atoms with E-state index in [0.29, 0.717) is 17.1 Å². The zero-order chi connectivity index (χ0) is 15.0. The molecule has 0 radical (unpaired) electrons. The highest BCUT2D eigenvalue weighted by atomic mass is 16.5. The summed E-state index contributed by atoms with van der Waals surface area (Å²) in [6.45, 7) is 8.68. The van der Waals surface area contributed by atoms with E-state index in [1.807, 2.05) is 13.8 Å². The van der Waals surface area contributed by atoms with Crippen LogP contribution in [0.25, 0.3) is 0 Å². The van der Waals surface area contributed by atoms with E-state index >= 15 is 0 Å². The van der Waals surface area contributed by atoms with Crippen LogP contribution >= 0.6 is 0 Å². The largest absolute Gasteiger partial charge is 0.370 e. The van der Waals surface area contributed by atoms with Crippen LogP contribution in [0.5, 0.6) is 0 Å². The highest BCUT2D eigenvalue weighted by Crippen LogP contribution is 2.46. The van der Waals surface area contributed by atoms with Gasteiger partial charge in [0.1, 0.15) is 5.60 Å². The predicted octanol–water partition coefficient (Wildman–Crippen LogP) is 3.17. The minimum atomic E-state index is -0.409. The Labute approximate surface area is 121 Å². The van der Waals surface area contributed by atoms with Crippen molar-refractivity contribution in [3.63, 3.8) is 0 Å². The van der Waals surface area contributed by atoms with Crippen LogP contribution < -0.4 is 5.73 Å². The summed E-state index contributed by atoms with van der Waals surface area (Å²) in [5.41, 5.74) is 6.03. The van der Waals surface area contributed by atoms with Crippen molar-refractivity contribution in [3.05, 3.63) is 11.7 Å². The van der Waals surface area contributed by atoms with Crippen LogP contribution in [0.15, 0.2) is 4.52 Å². The number of aromatic nitrogens is 2. The Bertz CT molecular complexity index is 444. The molecule has 5 heteroatoms. The van der Waals surface area contributed by atoms with Gasteiger partial charge in [0.05, 0.1) is 6.04 Å². The minimum absolute atomic E-state index is 0.217. The maximum absolute atomic E-state index is 6.07. The first-order valence-electron chi connectivity index (χ1n) is 7.44. The van der Waals surface area contributed by atoms with E-state index < -0.39 is 5.60 Å². The summed E-state index contributed by atoms with van der Waals surface area (Å²) in [6, 6.07) is -0.217. The minimum Gasteiger partial charge on any atom is -0.370 e. The highest BCUT2D eigenvalue weighted by molar-refractivity contribution is 5.06. The topological polar surface area (TPSA) is 74.2 Å². The Kier molecular flexibility index (Phi) is 4.21. The lowest BCUT2D eigenvalue weighted by Crippen LogP contribution is -2.37. The van der Waals surface area contributed by atoms with E-state index in [0.717, 1.165) is 25.7 Å². The molecule has 0 bridgehead atoms. The second-order valence-electron chi connectivity index (χ2n) is 7.09. The van der Waals surface area contributed by atoms with E-state index in [9.17, 15) is 0 Å². The van der Waals surface area contributed by atoms with Gasteiger partial charge in [-0.05, 0) is 37.0 Å².